The van der Waals surface area contributed by atoms with E-state index in [9.17, 15) is 9.18 Å². The van der Waals surface area contributed by atoms with Crippen molar-refractivity contribution in [2.24, 2.45) is 0 Å². The van der Waals surface area contributed by atoms with E-state index in [-0.39, 0.29) is 5.91 Å². The van der Waals surface area contributed by atoms with Crippen LogP contribution < -0.4 is 4.90 Å². The topological polar surface area (TPSA) is 20.3 Å². The number of hydrogen-bond donors (Lipinski definition) is 0. The maximum Gasteiger partial charge on any atom is 0.258 e. The van der Waals surface area contributed by atoms with Crippen molar-refractivity contribution in [1.82, 2.24) is 0 Å². The Morgan fingerprint density at radius 3 is 2.29 bits per heavy atom. The number of amides is 1. The van der Waals surface area contributed by atoms with Crippen molar-refractivity contribution in [3.63, 3.8) is 0 Å². The minimum absolute atomic E-state index is 0.220. The van der Waals surface area contributed by atoms with E-state index in [0.29, 0.717) is 12.1 Å². The fraction of sp³-hybridized carbons (Fsp3) is 0.0952. The summed E-state index contributed by atoms with van der Waals surface area (Å²) in [6.07, 6.45) is 0. The van der Waals surface area contributed by atoms with Crippen LogP contribution >= 0.6 is 0 Å². The minimum Gasteiger partial charge on any atom is -0.304 e. The molecule has 24 heavy (non-hydrogen) atoms. The number of rotatable bonds is 4. The predicted octanol–water partition coefficient (Wildman–Crippen LogP) is 4.98. The molecule has 0 aromatic heterocycles. The first-order valence-corrected chi connectivity index (χ1v) is 7.81. The van der Waals surface area contributed by atoms with Crippen molar-refractivity contribution in [2.45, 2.75) is 13.5 Å². The lowest BCUT2D eigenvalue weighted by Gasteiger charge is -2.23. The molecule has 0 unspecified atom stereocenters. The SMILES string of the molecule is Cc1ccc(N(Cc2ccccc2)C(=O)c2cccc(F)c2)cc1. The van der Waals surface area contributed by atoms with Crippen LogP contribution in [0.5, 0.6) is 0 Å². The molecule has 120 valence electrons. The zero-order valence-corrected chi connectivity index (χ0v) is 13.4. The van der Waals surface area contributed by atoms with E-state index in [0.717, 1.165) is 16.8 Å². The van der Waals surface area contributed by atoms with Crippen LogP contribution in [0.15, 0.2) is 78.9 Å². The summed E-state index contributed by atoms with van der Waals surface area (Å²) in [6, 6.07) is 23.3. The van der Waals surface area contributed by atoms with E-state index in [1.54, 1.807) is 17.0 Å². The van der Waals surface area contributed by atoms with Crippen LogP contribution in [0, 0.1) is 12.7 Å². The first-order valence-electron chi connectivity index (χ1n) is 7.81. The lowest BCUT2D eigenvalue weighted by atomic mass is 10.1. The van der Waals surface area contributed by atoms with E-state index in [1.807, 2.05) is 61.5 Å². The van der Waals surface area contributed by atoms with Crippen LogP contribution in [0.4, 0.5) is 10.1 Å². The Hall–Kier alpha value is -2.94. The van der Waals surface area contributed by atoms with Crippen LogP contribution in [-0.4, -0.2) is 5.91 Å². The zero-order chi connectivity index (χ0) is 16.9. The number of benzene rings is 3. The molecule has 0 aliphatic rings. The molecule has 1 amide bonds. The summed E-state index contributed by atoms with van der Waals surface area (Å²) >= 11 is 0. The molecule has 3 heteroatoms. The Labute approximate surface area is 141 Å². The average molecular weight is 319 g/mol. The summed E-state index contributed by atoms with van der Waals surface area (Å²) in [5, 5.41) is 0. The lowest BCUT2D eigenvalue weighted by Crippen LogP contribution is -2.30. The highest BCUT2D eigenvalue weighted by Gasteiger charge is 2.18. The molecule has 0 radical (unpaired) electrons. The molecular formula is C21H18FNO. The number of hydrogen-bond acceptors (Lipinski definition) is 1. The lowest BCUT2D eigenvalue weighted by molar-refractivity contribution is 0.0984. The molecular weight excluding hydrogens is 301 g/mol. The molecule has 0 atom stereocenters. The number of aryl methyl sites for hydroxylation is 1. The van der Waals surface area contributed by atoms with E-state index < -0.39 is 5.82 Å². The molecule has 0 bridgehead atoms. The summed E-state index contributed by atoms with van der Waals surface area (Å²) < 4.78 is 13.5. The standard InChI is InChI=1S/C21H18FNO/c1-16-10-12-20(13-11-16)23(15-17-6-3-2-4-7-17)21(24)18-8-5-9-19(22)14-18/h2-14H,15H2,1H3. The molecule has 0 heterocycles. The van der Waals surface area contributed by atoms with E-state index in [4.69, 9.17) is 0 Å². The second-order valence-corrected chi connectivity index (χ2v) is 5.72. The largest absolute Gasteiger partial charge is 0.304 e. The number of nitrogens with zero attached hydrogens (tertiary/aromatic N) is 1. The van der Waals surface area contributed by atoms with Crippen molar-refractivity contribution in [1.29, 1.82) is 0 Å². The normalized spacial score (nSPS) is 10.4. The van der Waals surface area contributed by atoms with Gasteiger partial charge in [0.1, 0.15) is 5.82 Å². The average Bonchev–Trinajstić information content (AvgIpc) is 2.61. The van der Waals surface area contributed by atoms with Gasteiger partial charge in [-0.05, 0) is 42.8 Å². The van der Waals surface area contributed by atoms with Crippen molar-refractivity contribution >= 4 is 11.6 Å². The summed E-state index contributed by atoms with van der Waals surface area (Å²) in [5.41, 5.74) is 3.27. The molecule has 3 rings (SSSR count). The van der Waals surface area contributed by atoms with Crippen LogP contribution in [0.2, 0.25) is 0 Å². The number of anilines is 1. The van der Waals surface area contributed by atoms with Gasteiger partial charge in [-0.2, -0.15) is 0 Å². The Kier molecular flexibility index (Phi) is 4.71. The van der Waals surface area contributed by atoms with Gasteiger partial charge in [0.25, 0.3) is 5.91 Å². The van der Waals surface area contributed by atoms with Crippen molar-refractivity contribution in [2.75, 3.05) is 4.90 Å². The summed E-state index contributed by atoms with van der Waals surface area (Å²) in [5.74, 6) is -0.633. The van der Waals surface area contributed by atoms with E-state index >= 15 is 0 Å². The summed E-state index contributed by atoms with van der Waals surface area (Å²) in [4.78, 5) is 14.6. The fourth-order valence-electron chi connectivity index (χ4n) is 2.55. The Balaban J connectivity index is 1.97. The van der Waals surface area contributed by atoms with Crippen molar-refractivity contribution < 1.29 is 9.18 Å². The maximum atomic E-state index is 13.5. The number of halogens is 1. The second-order valence-electron chi connectivity index (χ2n) is 5.72. The van der Waals surface area contributed by atoms with Crippen molar-refractivity contribution in [3.05, 3.63) is 101 Å². The van der Waals surface area contributed by atoms with Gasteiger partial charge in [0, 0.05) is 11.3 Å². The molecule has 0 spiro atoms. The van der Waals surface area contributed by atoms with Crippen LogP contribution in [0.25, 0.3) is 0 Å². The van der Waals surface area contributed by atoms with Gasteiger partial charge in [-0.3, -0.25) is 4.79 Å². The maximum absolute atomic E-state index is 13.5. The van der Waals surface area contributed by atoms with Gasteiger partial charge < -0.3 is 4.90 Å². The number of carbonyl (C=O) groups excluding carboxylic acids is 1. The predicted molar refractivity (Wildman–Crippen MR) is 94.5 cm³/mol. The third kappa shape index (κ3) is 3.69. The summed E-state index contributed by atoms with van der Waals surface area (Å²) in [6.45, 7) is 2.43. The molecule has 0 aliphatic carbocycles. The quantitative estimate of drug-likeness (QED) is 0.664. The zero-order valence-electron chi connectivity index (χ0n) is 13.4. The van der Waals surface area contributed by atoms with Gasteiger partial charge in [-0.15, -0.1) is 0 Å². The van der Waals surface area contributed by atoms with Crippen molar-refractivity contribution in [3.8, 4) is 0 Å². The molecule has 3 aromatic rings. The Morgan fingerprint density at radius 1 is 0.917 bits per heavy atom. The van der Waals surface area contributed by atoms with Gasteiger partial charge in [0.05, 0.1) is 6.54 Å². The number of carbonyl (C=O) groups is 1. The molecule has 0 saturated carbocycles. The summed E-state index contributed by atoms with van der Waals surface area (Å²) in [7, 11) is 0. The Bertz CT molecular complexity index is 828. The van der Waals surface area contributed by atoms with E-state index in [1.165, 1.54) is 12.1 Å². The first-order chi connectivity index (χ1) is 11.6. The molecule has 0 fully saturated rings. The second kappa shape index (κ2) is 7.09. The molecule has 0 saturated heterocycles. The third-order valence-corrected chi connectivity index (χ3v) is 3.85. The van der Waals surface area contributed by atoms with E-state index in [2.05, 4.69) is 0 Å². The highest BCUT2D eigenvalue weighted by molar-refractivity contribution is 6.06. The fourth-order valence-corrected chi connectivity index (χ4v) is 2.55. The van der Waals surface area contributed by atoms with Crippen LogP contribution in [0.1, 0.15) is 21.5 Å². The van der Waals surface area contributed by atoms with Crippen LogP contribution in [0.3, 0.4) is 0 Å². The Morgan fingerprint density at radius 2 is 1.62 bits per heavy atom. The smallest absolute Gasteiger partial charge is 0.258 e. The minimum atomic E-state index is -0.413. The third-order valence-electron chi connectivity index (χ3n) is 3.85. The van der Waals surface area contributed by atoms with Gasteiger partial charge >= 0.3 is 0 Å². The van der Waals surface area contributed by atoms with Crippen LogP contribution in [-0.2, 0) is 6.54 Å². The molecule has 3 aromatic carbocycles. The molecule has 2 nitrogen and oxygen atoms in total. The van der Waals surface area contributed by atoms with Gasteiger partial charge in [0.2, 0.25) is 0 Å². The molecule has 0 aliphatic heterocycles. The monoisotopic (exact) mass is 319 g/mol. The first kappa shape index (κ1) is 15.9. The van der Waals surface area contributed by atoms with Gasteiger partial charge in [-0.25, -0.2) is 4.39 Å². The molecule has 0 N–H and O–H groups in total. The van der Waals surface area contributed by atoms with Gasteiger partial charge in [0.15, 0.2) is 0 Å². The van der Waals surface area contributed by atoms with Gasteiger partial charge in [-0.1, -0.05) is 54.1 Å². The highest BCUT2D eigenvalue weighted by Crippen LogP contribution is 2.21. The highest BCUT2D eigenvalue weighted by atomic mass is 19.1.